The first-order valence-electron chi connectivity index (χ1n) is 4.35. The molecule has 13 heavy (non-hydrogen) atoms. The number of hydrogen-bond donors (Lipinski definition) is 0. The average Bonchev–Trinajstić information content (AvgIpc) is 2.32. The van der Waals surface area contributed by atoms with E-state index in [2.05, 4.69) is 21.0 Å². The van der Waals surface area contributed by atoms with Crippen LogP contribution < -0.4 is 4.74 Å². The Hall–Kier alpha value is -0.510. The average molecular weight is 247 g/mol. The second-order valence-electron chi connectivity index (χ2n) is 3.01. The molecule has 0 aliphatic rings. The van der Waals surface area contributed by atoms with Crippen molar-refractivity contribution in [1.82, 2.24) is 9.78 Å². The third-order valence-electron chi connectivity index (χ3n) is 1.97. The fourth-order valence-electron chi connectivity index (χ4n) is 1.19. The molecular formula is C9H15BrN2O. The minimum atomic E-state index is 0.749. The van der Waals surface area contributed by atoms with Gasteiger partial charge in [-0.15, -0.1) is 0 Å². The number of rotatable bonds is 4. The quantitative estimate of drug-likeness (QED) is 0.602. The Kier molecular flexibility index (Phi) is 3.78. The van der Waals surface area contributed by atoms with E-state index in [1.54, 1.807) is 0 Å². The van der Waals surface area contributed by atoms with Crippen molar-refractivity contribution in [3.63, 3.8) is 0 Å². The van der Waals surface area contributed by atoms with E-state index in [-0.39, 0.29) is 0 Å². The van der Waals surface area contributed by atoms with Crippen molar-refractivity contribution in [1.29, 1.82) is 0 Å². The van der Waals surface area contributed by atoms with E-state index in [4.69, 9.17) is 4.74 Å². The highest BCUT2D eigenvalue weighted by atomic mass is 79.9. The standard InChI is InChI=1S/C9H15BrN2O/c1-7-9(13-6-4-5-10)8(2)12(3)11-7/h4-6H2,1-3H3. The van der Waals surface area contributed by atoms with Crippen LogP contribution in [-0.2, 0) is 7.05 Å². The molecule has 0 aliphatic heterocycles. The molecule has 0 aromatic carbocycles. The molecule has 0 aliphatic carbocycles. The van der Waals surface area contributed by atoms with E-state index in [1.165, 1.54) is 0 Å². The van der Waals surface area contributed by atoms with E-state index >= 15 is 0 Å². The zero-order valence-corrected chi connectivity index (χ0v) is 9.89. The summed E-state index contributed by atoms with van der Waals surface area (Å²) in [4.78, 5) is 0. The molecule has 0 saturated carbocycles. The molecule has 3 nitrogen and oxygen atoms in total. The van der Waals surface area contributed by atoms with E-state index < -0.39 is 0 Å². The van der Waals surface area contributed by atoms with Gasteiger partial charge in [-0.2, -0.15) is 5.10 Å². The number of ether oxygens (including phenoxy) is 1. The van der Waals surface area contributed by atoms with Gasteiger partial charge in [-0.25, -0.2) is 0 Å². The van der Waals surface area contributed by atoms with Crippen LogP contribution in [0.2, 0.25) is 0 Å². The first kappa shape index (κ1) is 10.6. The SMILES string of the molecule is Cc1nn(C)c(C)c1OCCCBr. The van der Waals surface area contributed by atoms with Crippen LogP contribution in [0.4, 0.5) is 0 Å². The molecule has 1 aromatic heterocycles. The minimum Gasteiger partial charge on any atom is -0.490 e. The van der Waals surface area contributed by atoms with Crippen molar-refractivity contribution in [3.8, 4) is 5.75 Å². The molecule has 0 spiro atoms. The number of aryl methyl sites for hydroxylation is 2. The van der Waals surface area contributed by atoms with Crippen LogP contribution in [0.1, 0.15) is 17.8 Å². The molecule has 1 rings (SSSR count). The molecule has 0 saturated heterocycles. The van der Waals surface area contributed by atoms with Gasteiger partial charge >= 0.3 is 0 Å². The van der Waals surface area contributed by atoms with Gasteiger partial charge in [0.25, 0.3) is 0 Å². The van der Waals surface area contributed by atoms with E-state index in [1.807, 2.05) is 25.6 Å². The van der Waals surface area contributed by atoms with Gasteiger partial charge in [-0.1, -0.05) is 15.9 Å². The topological polar surface area (TPSA) is 27.1 Å². The summed E-state index contributed by atoms with van der Waals surface area (Å²) in [5, 5.41) is 5.25. The van der Waals surface area contributed by atoms with Gasteiger partial charge in [-0.05, 0) is 20.3 Å². The summed E-state index contributed by atoms with van der Waals surface area (Å²) in [5.41, 5.74) is 2.06. The molecule has 0 fully saturated rings. The van der Waals surface area contributed by atoms with Crippen LogP contribution in [0, 0.1) is 13.8 Å². The lowest BCUT2D eigenvalue weighted by Crippen LogP contribution is -1.99. The van der Waals surface area contributed by atoms with Crippen molar-refractivity contribution >= 4 is 15.9 Å². The maximum absolute atomic E-state index is 5.62. The maximum Gasteiger partial charge on any atom is 0.162 e. The molecule has 0 atom stereocenters. The Balaban J connectivity index is 2.64. The number of aromatic nitrogens is 2. The molecule has 74 valence electrons. The highest BCUT2D eigenvalue weighted by Gasteiger charge is 2.09. The minimum absolute atomic E-state index is 0.749. The monoisotopic (exact) mass is 246 g/mol. The molecule has 1 heterocycles. The Bertz CT molecular complexity index is 283. The summed E-state index contributed by atoms with van der Waals surface area (Å²) in [6.45, 7) is 4.73. The molecule has 0 amide bonds. The molecule has 4 heteroatoms. The van der Waals surface area contributed by atoms with Gasteiger partial charge in [0.2, 0.25) is 0 Å². The van der Waals surface area contributed by atoms with Crippen LogP contribution in [0.5, 0.6) is 5.75 Å². The summed E-state index contributed by atoms with van der Waals surface area (Å²) >= 11 is 3.36. The Morgan fingerprint density at radius 3 is 2.62 bits per heavy atom. The van der Waals surface area contributed by atoms with Crippen LogP contribution in [0.25, 0.3) is 0 Å². The summed E-state index contributed by atoms with van der Waals surface area (Å²) in [7, 11) is 1.93. The lowest BCUT2D eigenvalue weighted by Gasteiger charge is -2.04. The van der Waals surface area contributed by atoms with Gasteiger partial charge in [-0.3, -0.25) is 4.68 Å². The van der Waals surface area contributed by atoms with Crippen LogP contribution in [-0.4, -0.2) is 21.7 Å². The number of halogens is 1. The molecule has 0 unspecified atom stereocenters. The zero-order chi connectivity index (χ0) is 9.84. The highest BCUT2D eigenvalue weighted by Crippen LogP contribution is 2.21. The molecule has 0 N–H and O–H groups in total. The fraction of sp³-hybridized carbons (Fsp3) is 0.667. The molecule has 1 aromatic rings. The normalized spacial score (nSPS) is 10.5. The lowest BCUT2D eigenvalue weighted by atomic mass is 10.3. The third kappa shape index (κ3) is 2.46. The number of alkyl halides is 1. The summed E-state index contributed by atoms with van der Waals surface area (Å²) in [6.07, 6.45) is 1.02. The Morgan fingerprint density at radius 2 is 2.15 bits per heavy atom. The third-order valence-corrected chi connectivity index (χ3v) is 2.53. The highest BCUT2D eigenvalue weighted by molar-refractivity contribution is 9.09. The van der Waals surface area contributed by atoms with Crippen LogP contribution in [0.15, 0.2) is 0 Å². The van der Waals surface area contributed by atoms with Gasteiger partial charge in [0, 0.05) is 12.4 Å². The summed E-state index contributed by atoms with van der Waals surface area (Å²) in [5.74, 6) is 0.934. The summed E-state index contributed by atoms with van der Waals surface area (Å²) < 4.78 is 7.46. The molecule has 0 bridgehead atoms. The summed E-state index contributed by atoms with van der Waals surface area (Å²) in [6, 6.07) is 0. The number of hydrogen-bond acceptors (Lipinski definition) is 2. The number of nitrogens with zero attached hydrogens (tertiary/aromatic N) is 2. The molecule has 0 radical (unpaired) electrons. The Morgan fingerprint density at radius 1 is 1.46 bits per heavy atom. The predicted octanol–water partition coefficient (Wildman–Crippen LogP) is 2.20. The zero-order valence-electron chi connectivity index (χ0n) is 8.30. The molecular weight excluding hydrogens is 232 g/mol. The fourth-order valence-corrected chi connectivity index (χ4v) is 1.42. The van der Waals surface area contributed by atoms with Crippen molar-refractivity contribution in [2.75, 3.05) is 11.9 Å². The van der Waals surface area contributed by atoms with E-state index in [0.29, 0.717) is 0 Å². The van der Waals surface area contributed by atoms with Crippen molar-refractivity contribution in [3.05, 3.63) is 11.4 Å². The van der Waals surface area contributed by atoms with Crippen molar-refractivity contribution < 1.29 is 4.74 Å². The first-order valence-corrected chi connectivity index (χ1v) is 5.48. The smallest absolute Gasteiger partial charge is 0.162 e. The predicted molar refractivity (Wildman–Crippen MR) is 56.6 cm³/mol. The second-order valence-corrected chi connectivity index (χ2v) is 3.81. The largest absolute Gasteiger partial charge is 0.490 e. The maximum atomic E-state index is 5.62. The van der Waals surface area contributed by atoms with Gasteiger partial charge in [0.1, 0.15) is 5.69 Å². The van der Waals surface area contributed by atoms with Gasteiger partial charge in [0.15, 0.2) is 5.75 Å². The van der Waals surface area contributed by atoms with Gasteiger partial charge < -0.3 is 4.74 Å². The van der Waals surface area contributed by atoms with Crippen molar-refractivity contribution in [2.24, 2.45) is 7.05 Å². The van der Waals surface area contributed by atoms with Gasteiger partial charge in [0.05, 0.1) is 12.3 Å². The van der Waals surface area contributed by atoms with E-state index in [0.717, 1.165) is 35.5 Å². The second kappa shape index (κ2) is 4.65. The van der Waals surface area contributed by atoms with Crippen LogP contribution >= 0.6 is 15.9 Å². The lowest BCUT2D eigenvalue weighted by molar-refractivity contribution is 0.314. The van der Waals surface area contributed by atoms with Crippen molar-refractivity contribution in [2.45, 2.75) is 20.3 Å². The van der Waals surface area contributed by atoms with Crippen LogP contribution in [0.3, 0.4) is 0 Å². The first-order chi connectivity index (χ1) is 6.16. The Labute approximate surface area is 87.2 Å². The van der Waals surface area contributed by atoms with E-state index in [9.17, 15) is 0 Å².